The van der Waals surface area contributed by atoms with Crippen LogP contribution in [0.15, 0.2) is 76.5 Å². The van der Waals surface area contributed by atoms with Gasteiger partial charge in [-0.15, -0.1) is 0 Å². The van der Waals surface area contributed by atoms with E-state index >= 15 is 0 Å². The molecule has 96 valence electrons. The van der Waals surface area contributed by atoms with E-state index in [-0.39, 0.29) is 5.91 Å². The lowest BCUT2D eigenvalue weighted by Crippen LogP contribution is -2.12. The van der Waals surface area contributed by atoms with Crippen molar-refractivity contribution in [3.05, 3.63) is 71.6 Å². The van der Waals surface area contributed by atoms with Gasteiger partial charge in [0.1, 0.15) is 0 Å². The Bertz CT molecular complexity index is 564. The third-order valence-corrected chi connectivity index (χ3v) is 3.52. The summed E-state index contributed by atoms with van der Waals surface area (Å²) in [6.45, 7) is 1.81. The molecule has 2 rings (SSSR count). The third kappa shape index (κ3) is 4.30. The molecule has 1 amide bonds. The first-order valence-electron chi connectivity index (χ1n) is 6.00. The molecule has 2 nitrogen and oxygen atoms in total. The number of benzene rings is 2. The fourth-order valence-electron chi connectivity index (χ4n) is 1.46. The molecule has 0 atom stereocenters. The van der Waals surface area contributed by atoms with Crippen molar-refractivity contribution in [3.8, 4) is 0 Å². The largest absolute Gasteiger partial charge is 0.322 e. The molecular weight excluding hydrogens is 254 g/mol. The molecule has 0 spiro atoms. The van der Waals surface area contributed by atoms with Gasteiger partial charge in [-0.25, -0.2) is 0 Å². The molecular formula is C16H15NOS. The molecule has 2 aromatic rings. The van der Waals surface area contributed by atoms with Crippen LogP contribution in [0.25, 0.3) is 0 Å². The van der Waals surface area contributed by atoms with Crippen LogP contribution in [0.2, 0.25) is 0 Å². The summed E-state index contributed by atoms with van der Waals surface area (Å²) in [6, 6.07) is 19.4. The Morgan fingerprint density at radius 3 is 2.21 bits per heavy atom. The van der Waals surface area contributed by atoms with E-state index in [1.165, 1.54) is 0 Å². The van der Waals surface area contributed by atoms with Crippen LogP contribution in [0.5, 0.6) is 0 Å². The molecule has 0 aliphatic rings. The maximum absolute atomic E-state index is 11.9. The molecule has 3 heteroatoms. The zero-order valence-corrected chi connectivity index (χ0v) is 11.5. The molecule has 0 heterocycles. The first kappa shape index (κ1) is 13.4. The van der Waals surface area contributed by atoms with E-state index in [1.54, 1.807) is 11.8 Å². The lowest BCUT2D eigenvalue weighted by molar-refractivity contribution is -0.112. The summed E-state index contributed by atoms with van der Waals surface area (Å²) in [4.78, 5) is 13.1. The van der Waals surface area contributed by atoms with Gasteiger partial charge in [0.2, 0.25) is 0 Å². The number of nitrogens with one attached hydrogen (secondary N) is 1. The van der Waals surface area contributed by atoms with Gasteiger partial charge in [0.05, 0.1) is 0 Å². The SMILES string of the molecule is CC(=CSc1ccccc1)C(=O)Nc1ccccc1. The Kier molecular flexibility index (Phi) is 4.81. The first-order valence-corrected chi connectivity index (χ1v) is 6.88. The second-order valence-electron chi connectivity index (χ2n) is 4.05. The van der Waals surface area contributed by atoms with Crippen molar-refractivity contribution < 1.29 is 4.79 Å². The minimum absolute atomic E-state index is 0.0744. The number of anilines is 1. The third-order valence-electron chi connectivity index (χ3n) is 2.50. The zero-order chi connectivity index (χ0) is 13.5. The van der Waals surface area contributed by atoms with Crippen LogP contribution in [-0.4, -0.2) is 5.91 Å². The van der Waals surface area contributed by atoms with E-state index in [0.29, 0.717) is 5.57 Å². The molecule has 0 aromatic heterocycles. The van der Waals surface area contributed by atoms with E-state index in [9.17, 15) is 4.79 Å². The molecule has 19 heavy (non-hydrogen) atoms. The second kappa shape index (κ2) is 6.81. The molecule has 0 unspecified atom stereocenters. The van der Waals surface area contributed by atoms with Crippen LogP contribution in [-0.2, 0) is 4.79 Å². The number of para-hydroxylation sites is 1. The van der Waals surface area contributed by atoms with Crippen molar-refractivity contribution >= 4 is 23.4 Å². The number of hydrogen-bond donors (Lipinski definition) is 1. The average Bonchev–Trinajstić information content (AvgIpc) is 2.47. The maximum Gasteiger partial charge on any atom is 0.251 e. The molecule has 0 fully saturated rings. The van der Waals surface area contributed by atoms with Crippen molar-refractivity contribution in [2.45, 2.75) is 11.8 Å². The quantitative estimate of drug-likeness (QED) is 0.661. The first-order chi connectivity index (χ1) is 9.25. The predicted octanol–water partition coefficient (Wildman–Crippen LogP) is 4.32. The number of hydrogen-bond acceptors (Lipinski definition) is 2. The number of rotatable bonds is 4. The Labute approximate surface area is 117 Å². The summed E-state index contributed by atoms with van der Waals surface area (Å²) >= 11 is 1.54. The van der Waals surface area contributed by atoms with Gasteiger partial charge in [-0.1, -0.05) is 48.2 Å². The topological polar surface area (TPSA) is 29.1 Å². The molecule has 0 saturated carbocycles. The van der Waals surface area contributed by atoms with Gasteiger partial charge in [0.25, 0.3) is 5.91 Å². The van der Waals surface area contributed by atoms with E-state index in [4.69, 9.17) is 0 Å². The summed E-state index contributed by atoms with van der Waals surface area (Å²) < 4.78 is 0. The lowest BCUT2D eigenvalue weighted by Gasteiger charge is -2.05. The van der Waals surface area contributed by atoms with Gasteiger partial charge in [-0.3, -0.25) is 4.79 Å². The summed E-state index contributed by atoms with van der Waals surface area (Å²) in [7, 11) is 0. The van der Waals surface area contributed by atoms with Crippen LogP contribution in [0.1, 0.15) is 6.92 Å². The minimum atomic E-state index is -0.0744. The monoisotopic (exact) mass is 269 g/mol. The normalized spacial score (nSPS) is 11.1. The highest BCUT2D eigenvalue weighted by atomic mass is 32.2. The molecule has 0 radical (unpaired) electrons. The van der Waals surface area contributed by atoms with E-state index in [2.05, 4.69) is 5.32 Å². The van der Waals surface area contributed by atoms with Gasteiger partial charge < -0.3 is 5.32 Å². The van der Waals surface area contributed by atoms with Crippen molar-refractivity contribution in [3.63, 3.8) is 0 Å². The standard InChI is InChI=1S/C16H15NOS/c1-13(12-19-15-10-6-3-7-11-15)16(18)17-14-8-4-2-5-9-14/h2-12H,1H3,(H,17,18). The highest BCUT2D eigenvalue weighted by molar-refractivity contribution is 8.02. The van der Waals surface area contributed by atoms with Crippen molar-refractivity contribution in [2.24, 2.45) is 0 Å². The Morgan fingerprint density at radius 1 is 1.00 bits per heavy atom. The second-order valence-corrected chi connectivity index (χ2v) is 4.99. The smallest absolute Gasteiger partial charge is 0.251 e. The van der Waals surface area contributed by atoms with Gasteiger partial charge in [-0.05, 0) is 36.6 Å². The highest BCUT2D eigenvalue weighted by Gasteiger charge is 2.04. The number of carbonyl (C=O) groups excluding carboxylic acids is 1. The average molecular weight is 269 g/mol. The number of carbonyl (C=O) groups is 1. The van der Waals surface area contributed by atoms with Gasteiger partial charge in [-0.2, -0.15) is 0 Å². The van der Waals surface area contributed by atoms with E-state index in [1.807, 2.05) is 73.0 Å². The van der Waals surface area contributed by atoms with E-state index < -0.39 is 0 Å². The van der Waals surface area contributed by atoms with Gasteiger partial charge >= 0.3 is 0 Å². The summed E-state index contributed by atoms with van der Waals surface area (Å²) in [5, 5.41) is 4.73. The molecule has 2 aromatic carbocycles. The van der Waals surface area contributed by atoms with Crippen molar-refractivity contribution in [1.29, 1.82) is 0 Å². The Hall–Kier alpha value is -2.00. The Morgan fingerprint density at radius 2 is 1.58 bits per heavy atom. The van der Waals surface area contributed by atoms with Crippen LogP contribution in [0.3, 0.4) is 0 Å². The van der Waals surface area contributed by atoms with Gasteiger partial charge in [0, 0.05) is 16.2 Å². The fraction of sp³-hybridized carbons (Fsp3) is 0.0625. The fourth-order valence-corrected chi connectivity index (χ4v) is 2.19. The highest BCUT2D eigenvalue weighted by Crippen LogP contribution is 2.20. The van der Waals surface area contributed by atoms with Crippen molar-refractivity contribution in [2.75, 3.05) is 5.32 Å². The lowest BCUT2D eigenvalue weighted by atomic mass is 10.3. The van der Waals surface area contributed by atoms with Crippen LogP contribution >= 0.6 is 11.8 Å². The van der Waals surface area contributed by atoms with Crippen molar-refractivity contribution in [1.82, 2.24) is 0 Å². The molecule has 0 bridgehead atoms. The number of amides is 1. The van der Waals surface area contributed by atoms with Crippen LogP contribution < -0.4 is 5.32 Å². The van der Waals surface area contributed by atoms with Crippen LogP contribution in [0.4, 0.5) is 5.69 Å². The maximum atomic E-state index is 11.9. The summed E-state index contributed by atoms with van der Waals surface area (Å²) in [5.74, 6) is -0.0744. The van der Waals surface area contributed by atoms with Crippen LogP contribution in [0, 0.1) is 0 Å². The minimum Gasteiger partial charge on any atom is -0.322 e. The molecule has 0 aliphatic heterocycles. The molecule has 1 N–H and O–H groups in total. The predicted molar refractivity (Wildman–Crippen MR) is 81.1 cm³/mol. The summed E-state index contributed by atoms with van der Waals surface area (Å²) in [5.41, 5.74) is 1.50. The Balaban J connectivity index is 1.95. The summed E-state index contributed by atoms with van der Waals surface area (Å²) in [6.07, 6.45) is 0. The molecule has 0 aliphatic carbocycles. The molecule has 0 saturated heterocycles. The van der Waals surface area contributed by atoms with Gasteiger partial charge in [0.15, 0.2) is 0 Å². The zero-order valence-electron chi connectivity index (χ0n) is 10.7. The number of thioether (sulfide) groups is 1. The van der Waals surface area contributed by atoms with E-state index in [0.717, 1.165) is 10.6 Å².